The van der Waals surface area contributed by atoms with Crippen molar-refractivity contribution in [2.24, 2.45) is 0 Å². The van der Waals surface area contributed by atoms with Crippen molar-refractivity contribution in [1.29, 1.82) is 0 Å². The van der Waals surface area contributed by atoms with E-state index in [1.165, 1.54) is 14.2 Å². The number of amides is 1. The van der Waals surface area contributed by atoms with Crippen LogP contribution in [0.1, 0.15) is 15.9 Å². The molecule has 0 aromatic heterocycles. The zero-order chi connectivity index (χ0) is 17.5. The highest BCUT2D eigenvalue weighted by Crippen LogP contribution is 2.25. The Morgan fingerprint density at radius 1 is 1.00 bits per heavy atom. The molecule has 126 valence electrons. The molecular formula is C18H19NO5. The summed E-state index contributed by atoms with van der Waals surface area (Å²) >= 11 is 0. The van der Waals surface area contributed by atoms with E-state index < -0.39 is 5.97 Å². The minimum atomic E-state index is -0.507. The molecule has 2 aromatic rings. The third-order valence-corrected chi connectivity index (χ3v) is 3.45. The largest absolute Gasteiger partial charge is 0.497 e. The van der Waals surface area contributed by atoms with E-state index in [-0.39, 0.29) is 12.3 Å². The first-order valence-corrected chi connectivity index (χ1v) is 7.27. The van der Waals surface area contributed by atoms with E-state index in [1.54, 1.807) is 49.6 Å². The van der Waals surface area contributed by atoms with Gasteiger partial charge >= 0.3 is 5.97 Å². The summed E-state index contributed by atoms with van der Waals surface area (Å²) in [6, 6.07) is 11.9. The average Bonchev–Trinajstić information content (AvgIpc) is 2.61. The van der Waals surface area contributed by atoms with Crippen molar-refractivity contribution in [3.63, 3.8) is 0 Å². The second-order valence-electron chi connectivity index (χ2n) is 4.94. The number of methoxy groups -OCH3 is 3. The predicted molar refractivity (Wildman–Crippen MR) is 89.7 cm³/mol. The number of anilines is 1. The van der Waals surface area contributed by atoms with E-state index in [0.717, 1.165) is 0 Å². The zero-order valence-electron chi connectivity index (χ0n) is 13.8. The number of nitrogens with one attached hydrogen (secondary N) is 1. The van der Waals surface area contributed by atoms with Gasteiger partial charge < -0.3 is 19.5 Å². The molecule has 0 bridgehead atoms. The number of carbonyl (C=O) groups is 2. The van der Waals surface area contributed by atoms with Gasteiger partial charge in [-0.25, -0.2) is 4.79 Å². The van der Waals surface area contributed by atoms with Crippen molar-refractivity contribution >= 4 is 17.6 Å². The summed E-state index contributed by atoms with van der Waals surface area (Å²) in [6.07, 6.45) is 0.0999. The zero-order valence-corrected chi connectivity index (χ0v) is 13.8. The first kappa shape index (κ1) is 17.3. The minimum absolute atomic E-state index is 0.0999. The normalized spacial score (nSPS) is 9.96. The number of hydrogen-bond acceptors (Lipinski definition) is 5. The van der Waals surface area contributed by atoms with E-state index in [2.05, 4.69) is 5.32 Å². The van der Waals surface area contributed by atoms with Gasteiger partial charge in [-0.15, -0.1) is 0 Å². The molecular weight excluding hydrogens is 310 g/mol. The Kier molecular flexibility index (Phi) is 5.78. The topological polar surface area (TPSA) is 73.9 Å². The Hall–Kier alpha value is -3.02. The fourth-order valence-electron chi connectivity index (χ4n) is 2.25. The Balaban J connectivity index is 2.16. The van der Waals surface area contributed by atoms with E-state index in [0.29, 0.717) is 28.3 Å². The van der Waals surface area contributed by atoms with Crippen LogP contribution in [-0.4, -0.2) is 33.2 Å². The van der Waals surface area contributed by atoms with E-state index in [4.69, 9.17) is 14.2 Å². The molecule has 0 spiro atoms. The van der Waals surface area contributed by atoms with E-state index in [1.807, 2.05) is 0 Å². The second-order valence-corrected chi connectivity index (χ2v) is 4.94. The van der Waals surface area contributed by atoms with Crippen LogP contribution in [0.5, 0.6) is 11.5 Å². The summed E-state index contributed by atoms with van der Waals surface area (Å²) in [4.78, 5) is 24.1. The van der Waals surface area contributed by atoms with Gasteiger partial charge in [0.1, 0.15) is 11.5 Å². The lowest BCUT2D eigenvalue weighted by atomic mass is 10.1. The van der Waals surface area contributed by atoms with Gasteiger partial charge in [-0.1, -0.05) is 18.2 Å². The standard InChI is InChI=1S/C18H19NO5/c1-22-13-9-8-12(16(11-13)23-2)10-17(20)19-15-7-5-4-6-14(15)18(21)24-3/h4-9,11H,10H2,1-3H3,(H,19,20). The number of rotatable bonds is 6. The van der Waals surface area contributed by atoms with Crippen molar-refractivity contribution in [3.8, 4) is 11.5 Å². The summed E-state index contributed by atoms with van der Waals surface area (Å²) in [6.45, 7) is 0. The average molecular weight is 329 g/mol. The Bertz CT molecular complexity index is 742. The number of benzene rings is 2. The van der Waals surface area contributed by atoms with Crippen LogP contribution in [-0.2, 0) is 16.0 Å². The van der Waals surface area contributed by atoms with Gasteiger partial charge in [-0.3, -0.25) is 4.79 Å². The summed E-state index contributed by atoms with van der Waals surface area (Å²) in [5.74, 6) is 0.431. The molecule has 0 radical (unpaired) electrons. The number of hydrogen-bond donors (Lipinski definition) is 1. The monoisotopic (exact) mass is 329 g/mol. The highest BCUT2D eigenvalue weighted by molar-refractivity contribution is 6.01. The Labute approximate surface area is 140 Å². The third kappa shape index (κ3) is 4.04. The van der Waals surface area contributed by atoms with Gasteiger partial charge in [-0.05, 0) is 18.2 Å². The maximum atomic E-state index is 12.3. The molecule has 2 rings (SSSR count). The Morgan fingerprint density at radius 3 is 2.42 bits per heavy atom. The number of carbonyl (C=O) groups excluding carboxylic acids is 2. The van der Waals surface area contributed by atoms with Gasteiger partial charge in [0.05, 0.1) is 39.0 Å². The molecule has 0 aliphatic carbocycles. The van der Waals surface area contributed by atoms with Crippen LogP contribution < -0.4 is 14.8 Å². The van der Waals surface area contributed by atoms with Gasteiger partial charge in [0.15, 0.2) is 0 Å². The highest BCUT2D eigenvalue weighted by Gasteiger charge is 2.15. The summed E-state index contributed by atoms with van der Waals surface area (Å²) in [5, 5.41) is 2.73. The molecule has 0 unspecified atom stereocenters. The molecule has 0 atom stereocenters. The molecule has 0 saturated heterocycles. The molecule has 6 nitrogen and oxygen atoms in total. The summed E-state index contributed by atoms with van der Waals surface area (Å²) < 4.78 is 15.1. The molecule has 0 heterocycles. The molecule has 1 amide bonds. The highest BCUT2D eigenvalue weighted by atomic mass is 16.5. The van der Waals surface area contributed by atoms with Crippen LogP contribution in [0.4, 0.5) is 5.69 Å². The van der Waals surface area contributed by atoms with E-state index >= 15 is 0 Å². The SMILES string of the molecule is COC(=O)c1ccccc1NC(=O)Cc1ccc(OC)cc1OC. The number of ether oxygens (including phenoxy) is 3. The third-order valence-electron chi connectivity index (χ3n) is 3.45. The van der Waals surface area contributed by atoms with Gasteiger partial charge in [0.25, 0.3) is 0 Å². The van der Waals surface area contributed by atoms with Crippen LogP contribution in [0, 0.1) is 0 Å². The lowest BCUT2D eigenvalue weighted by molar-refractivity contribution is -0.115. The van der Waals surface area contributed by atoms with Gasteiger partial charge in [0, 0.05) is 11.6 Å². The minimum Gasteiger partial charge on any atom is -0.497 e. The predicted octanol–water partition coefficient (Wildman–Crippen LogP) is 2.67. The molecule has 0 aliphatic heterocycles. The lowest BCUT2D eigenvalue weighted by Crippen LogP contribution is -2.17. The second kappa shape index (κ2) is 8.01. The van der Waals surface area contributed by atoms with Crippen molar-refractivity contribution in [2.45, 2.75) is 6.42 Å². The summed E-state index contributed by atoms with van der Waals surface area (Å²) in [5.41, 5.74) is 1.42. The summed E-state index contributed by atoms with van der Waals surface area (Å²) in [7, 11) is 4.39. The molecule has 0 fully saturated rings. The number of para-hydroxylation sites is 1. The Morgan fingerprint density at radius 2 is 1.75 bits per heavy atom. The smallest absolute Gasteiger partial charge is 0.339 e. The molecule has 0 saturated carbocycles. The molecule has 2 aromatic carbocycles. The molecule has 6 heteroatoms. The molecule has 0 aliphatic rings. The van der Waals surface area contributed by atoms with Crippen molar-refractivity contribution < 1.29 is 23.8 Å². The van der Waals surface area contributed by atoms with Crippen LogP contribution in [0.15, 0.2) is 42.5 Å². The lowest BCUT2D eigenvalue weighted by Gasteiger charge is -2.12. The fraction of sp³-hybridized carbons (Fsp3) is 0.222. The maximum absolute atomic E-state index is 12.3. The van der Waals surface area contributed by atoms with Crippen molar-refractivity contribution in [1.82, 2.24) is 0 Å². The van der Waals surface area contributed by atoms with Gasteiger partial charge in [0.2, 0.25) is 5.91 Å². The van der Waals surface area contributed by atoms with Gasteiger partial charge in [-0.2, -0.15) is 0 Å². The first-order valence-electron chi connectivity index (χ1n) is 7.27. The van der Waals surface area contributed by atoms with Crippen LogP contribution in [0.2, 0.25) is 0 Å². The van der Waals surface area contributed by atoms with Crippen molar-refractivity contribution in [3.05, 3.63) is 53.6 Å². The first-order chi connectivity index (χ1) is 11.6. The van der Waals surface area contributed by atoms with E-state index in [9.17, 15) is 9.59 Å². The fourth-order valence-corrected chi connectivity index (χ4v) is 2.25. The molecule has 24 heavy (non-hydrogen) atoms. The number of esters is 1. The maximum Gasteiger partial charge on any atom is 0.339 e. The van der Waals surface area contributed by atoms with Crippen LogP contribution in [0.25, 0.3) is 0 Å². The molecule has 1 N–H and O–H groups in total. The van der Waals surface area contributed by atoms with Crippen LogP contribution in [0.3, 0.4) is 0 Å². The van der Waals surface area contributed by atoms with Crippen molar-refractivity contribution in [2.75, 3.05) is 26.6 Å². The van der Waals surface area contributed by atoms with Crippen LogP contribution >= 0.6 is 0 Å². The quantitative estimate of drug-likeness (QED) is 0.825.